The van der Waals surface area contributed by atoms with Gasteiger partial charge in [-0.05, 0) is 47.2 Å². The number of amides is 1. The lowest BCUT2D eigenvalue weighted by atomic mass is 10.1. The molecule has 3 aromatic carbocycles. The van der Waals surface area contributed by atoms with Gasteiger partial charge in [-0.3, -0.25) is 4.79 Å². The SMILES string of the molecule is O=C(c1ccc(-c2ncc[nH]2)cc1)N1CCN(S(=O)(=O)c2ccc3cc(Br)ccc3c2)CC1. The first kappa shape index (κ1) is 21.8. The number of sulfonamides is 1. The first-order valence-electron chi connectivity index (χ1n) is 10.5. The molecule has 0 saturated carbocycles. The number of nitrogens with one attached hydrogen (secondary N) is 1. The second-order valence-corrected chi connectivity index (χ2v) is 10.7. The van der Waals surface area contributed by atoms with E-state index in [1.807, 2.05) is 36.4 Å². The van der Waals surface area contributed by atoms with Crippen LogP contribution in [0.15, 0.2) is 82.4 Å². The van der Waals surface area contributed by atoms with E-state index in [1.165, 1.54) is 4.31 Å². The zero-order chi connectivity index (χ0) is 23.0. The third-order valence-corrected chi connectivity index (χ3v) is 8.23. The van der Waals surface area contributed by atoms with Crippen LogP contribution < -0.4 is 0 Å². The number of carbonyl (C=O) groups excluding carboxylic acids is 1. The van der Waals surface area contributed by atoms with Gasteiger partial charge in [-0.2, -0.15) is 4.31 Å². The second kappa shape index (κ2) is 8.74. The number of hydrogen-bond acceptors (Lipinski definition) is 4. The van der Waals surface area contributed by atoms with E-state index in [1.54, 1.807) is 41.6 Å². The van der Waals surface area contributed by atoms with Gasteiger partial charge in [-0.25, -0.2) is 13.4 Å². The molecule has 1 amide bonds. The smallest absolute Gasteiger partial charge is 0.253 e. The Morgan fingerprint density at radius 3 is 2.30 bits per heavy atom. The average Bonchev–Trinajstić information content (AvgIpc) is 3.38. The number of fused-ring (bicyclic) bond motifs is 1. The van der Waals surface area contributed by atoms with Crippen molar-refractivity contribution in [1.29, 1.82) is 0 Å². The van der Waals surface area contributed by atoms with Gasteiger partial charge < -0.3 is 9.88 Å². The van der Waals surface area contributed by atoms with Gasteiger partial charge in [0.05, 0.1) is 4.90 Å². The molecule has 0 aliphatic carbocycles. The van der Waals surface area contributed by atoms with Crippen LogP contribution in [-0.2, 0) is 10.0 Å². The minimum Gasteiger partial charge on any atom is -0.345 e. The molecule has 1 N–H and O–H groups in total. The van der Waals surface area contributed by atoms with Gasteiger partial charge in [0.1, 0.15) is 5.82 Å². The number of aromatic nitrogens is 2. The Balaban J connectivity index is 1.27. The van der Waals surface area contributed by atoms with Crippen LogP contribution in [0.5, 0.6) is 0 Å². The van der Waals surface area contributed by atoms with E-state index >= 15 is 0 Å². The van der Waals surface area contributed by atoms with Gasteiger partial charge in [0.2, 0.25) is 10.0 Å². The molecule has 5 rings (SSSR count). The molecule has 2 heterocycles. The molecule has 0 unspecified atom stereocenters. The lowest BCUT2D eigenvalue weighted by molar-refractivity contribution is 0.0698. The van der Waals surface area contributed by atoms with E-state index in [4.69, 9.17) is 0 Å². The maximum absolute atomic E-state index is 13.2. The summed E-state index contributed by atoms with van der Waals surface area (Å²) in [5, 5.41) is 1.84. The maximum atomic E-state index is 13.2. The number of hydrogen-bond donors (Lipinski definition) is 1. The number of halogens is 1. The molecular formula is C24H21BrN4O3S. The van der Waals surface area contributed by atoms with Crippen LogP contribution in [-0.4, -0.2) is 59.7 Å². The number of rotatable bonds is 4. The Labute approximate surface area is 200 Å². The highest BCUT2D eigenvalue weighted by molar-refractivity contribution is 9.10. The summed E-state index contributed by atoms with van der Waals surface area (Å²) in [5.74, 6) is 0.642. The molecule has 1 aliphatic heterocycles. The standard InChI is InChI=1S/C24H21BrN4O3S/c25-21-7-5-20-16-22(8-6-19(20)15-21)33(31,32)29-13-11-28(12-14-29)24(30)18-3-1-17(2-4-18)23-26-9-10-27-23/h1-10,15-16H,11-14H2,(H,26,27). The Morgan fingerprint density at radius 2 is 1.61 bits per heavy atom. The Kier molecular flexibility index (Phi) is 5.77. The van der Waals surface area contributed by atoms with Crippen molar-refractivity contribution in [1.82, 2.24) is 19.2 Å². The van der Waals surface area contributed by atoms with Gasteiger partial charge >= 0.3 is 0 Å². The number of imidazole rings is 1. The fourth-order valence-corrected chi connectivity index (χ4v) is 5.85. The van der Waals surface area contributed by atoms with Crippen LogP contribution in [0.25, 0.3) is 22.2 Å². The summed E-state index contributed by atoms with van der Waals surface area (Å²) in [5.41, 5.74) is 1.47. The molecule has 1 saturated heterocycles. The van der Waals surface area contributed by atoms with E-state index in [-0.39, 0.29) is 23.9 Å². The molecule has 0 bridgehead atoms. The zero-order valence-electron chi connectivity index (χ0n) is 17.6. The van der Waals surface area contributed by atoms with Crippen LogP contribution in [0.1, 0.15) is 10.4 Å². The third kappa shape index (κ3) is 4.31. The van der Waals surface area contributed by atoms with Gasteiger partial charge in [-0.1, -0.05) is 40.2 Å². The van der Waals surface area contributed by atoms with Gasteiger partial charge in [0.25, 0.3) is 5.91 Å². The lowest BCUT2D eigenvalue weighted by Gasteiger charge is -2.34. The van der Waals surface area contributed by atoms with E-state index in [2.05, 4.69) is 25.9 Å². The third-order valence-electron chi connectivity index (χ3n) is 5.84. The van der Waals surface area contributed by atoms with Gasteiger partial charge in [0, 0.05) is 54.2 Å². The fourth-order valence-electron chi connectivity index (χ4n) is 4.01. The van der Waals surface area contributed by atoms with Crippen molar-refractivity contribution < 1.29 is 13.2 Å². The Bertz CT molecular complexity index is 1410. The molecule has 9 heteroatoms. The van der Waals surface area contributed by atoms with E-state index < -0.39 is 10.0 Å². The number of piperazine rings is 1. The highest BCUT2D eigenvalue weighted by Gasteiger charge is 2.30. The van der Waals surface area contributed by atoms with Crippen molar-refractivity contribution in [2.24, 2.45) is 0 Å². The van der Waals surface area contributed by atoms with Crippen molar-refractivity contribution in [2.45, 2.75) is 4.90 Å². The molecule has 1 fully saturated rings. The molecule has 168 valence electrons. The van der Waals surface area contributed by atoms with Gasteiger partial charge in [-0.15, -0.1) is 0 Å². The van der Waals surface area contributed by atoms with Crippen molar-refractivity contribution in [2.75, 3.05) is 26.2 Å². The first-order valence-corrected chi connectivity index (χ1v) is 12.7. The molecule has 33 heavy (non-hydrogen) atoms. The average molecular weight is 525 g/mol. The number of nitrogens with zero attached hydrogens (tertiary/aromatic N) is 3. The highest BCUT2D eigenvalue weighted by atomic mass is 79.9. The van der Waals surface area contributed by atoms with Crippen molar-refractivity contribution in [3.63, 3.8) is 0 Å². The number of aromatic amines is 1. The molecule has 0 spiro atoms. The summed E-state index contributed by atoms with van der Waals surface area (Å²) in [4.78, 5) is 22.1. The van der Waals surface area contributed by atoms with E-state index in [0.29, 0.717) is 18.7 Å². The van der Waals surface area contributed by atoms with Crippen LogP contribution in [0, 0.1) is 0 Å². The van der Waals surface area contributed by atoms with Crippen LogP contribution in [0.2, 0.25) is 0 Å². The Morgan fingerprint density at radius 1 is 0.909 bits per heavy atom. The molecular weight excluding hydrogens is 504 g/mol. The molecule has 0 radical (unpaired) electrons. The molecule has 1 aromatic heterocycles. The normalized spacial score (nSPS) is 15.1. The Hall–Kier alpha value is -3.01. The summed E-state index contributed by atoms with van der Waals surface area (Å²) in [6.07, 6.45) is 3.43. The lowest BCUT2D eigenvalue weighted by Crippen LogP contribution is -2.50. The summed E-state index contributed by atoms with van der Waals surface area (Å²) in [6, 6.07) is 18.2. The second-order valence-electron chi connectivity index (χ2n) is 7.86. The topological polar surface area (TPSA) is 86.4 Å². The molecule has 4 aromatic rings. The number of carbonyl (C=O) groups is 1. The van der Waals surface area contributed by atoms with Crippen molar-refractivity contribution >= 4 is 42.6 Å². The fraction of sp³-hybridized carbons (Fsp3) is 0.167. The maximum Gasteiger partial charge on any atom is 0.253 e. The minimum absolute atomic E-state index is 0.102. The van der Waals surface area contributed by atoms with Crippen LogP contribution in [0.4, 0.5) is 0 Å². The van der Waals surface area contributed by atoms with E-state index in [0.717, 1.165) is 26.6 Å². The largest absolute Gasteiger partial charge is 0.345 e. The van der Waals surface area contributed by atoms with Crippen molar-refractivity contribution in [3.8, 4) is 11.4 Å². The molecule has 1 aliphatic rings. The summed E-state index contributed by atoms with van der Waals surface area (Å²) < 4.78 is 28.8. The highest BCUT2D eigenvalue weighted by Crippen LogP contribution is 2.25. The van der Waals surface area contributed by atoms with Crippen LogP contribution >= 0.6 is 15.9 Å². The number of benzene rings is 3. The van der Waals surface area contributed by atoms with Gasteiger partial charge in [0.15, 0.2) is 0 Å². The quantitative estimate of drug-likeness (QED) is 0.434. The summed E-state index contributed by atoms with van der Waals surface area (Å²) in [7, 11) is -3.63. The van der Waals surface area contributed by atoms with Crippen LogP contribution in [0.3, 0.4) is 0 Å². The predicted molar refractivity (Wildman–Crippen MR) is 130 cm³/mol. The molecule has 7 nitrogen and oxygen atoms in total. The minimum atomic E-state index is -3.63. The predicted octanol–water partition coefficient (Wildman–Crippen LogP) is 4.14. The van der Waals surface area contributed by atoms with Crippen molar-refractivity contribution in [3.05, 3.63) is 83.1 Å². The van der Waals surface area contributed by atoms with E-state index in [9.17, 15) is 13.2 Å². The zero-order valence-corrected chi connectivity index (χ0v) is 20.0. The number of H-pyrrole nitrogens is 1. The summed E-state index contributed by atoms with van der Waals surface area (Å²) >= 11 is 3.44. The monoisotopic (exact) mass is 524 g/mol. The summed E-state index contributed by atoms with van der Waals surface area (Å²) in [6.45, 7) is 1.21. The first-order chi connectivity index (χ1) is 15.9. The molecule has 0 atom stereocenters.